The molecule has 3 N–H and O–H groups in total. The summed E-state index contributed by atoms with van der Waals surface area (Å²) in [5.74, 6) is 0.447. The third kappa shape index (κ3) is 2.23. The summed E-state index contributed by atoms with van der Waals surface area (Å²) in [5, 5.41) is 3.26. The van der Waals surface area contributed by atoms with E-state index in [0.29, 0.717) is 5.69 Å². The van der Waals surface area contributed by atoms with Gasteiger partial charge < -0.3 is 15.6 Å². The second-order valence-electron chi connectivity index (χ2n) is 5.61. The molecule has 0 saturated carbocycles. The minimum absolute atomic E-state index is 0.347. The fraction of sp³-hybridized carbons (Fsp3) is 0.176. The van der Waals surface area contributed by atoms with Crippen LogP contribution in [0.4, 0.5) is 16.0 Å². The van der Waals surface area contributed by atoms with Crippen LogP contribution < -0.4 is 11.1 Å². The number of hydrogen-bond acceptors (Lipinski definition) is 4. The fourth-order valence-corrected chi connectivity index (χ4v) is 2.96. The first-order valence-electron chi connectivity index (χ1n) is 7.47. The van der Waals surface area contributed by atoms with Gasteiger partial charge in [-0.2, -0.15) is 0 Å². The summed E-state index contributed by atoms with van der Waals surface area (Å²) in [7, 11) is 0. The number of aryl methyl sites for hydroxylation is 1. The molecule has 6 heteroatoms. The Morgan fingerprint density at radius 3 is 2.87 bits per heavy atom. The molecule has 3 aromatic rings. The van der Waals surface area contributed by atoms with Crippen LogP contribution in [0.3, 0.4) is 0 Å². The Morgan fingerprint density at radius 1 is 1.22 bits per heavy atom. The van der Waals surface area contributed by atoms with E-state index in [1.54, 1.807) is 6.07 Å². The summed E-state index contributed by atoms with van der Waals surface area (Å²) >= 11 is 0. The number of fused-ring (bicyclic) bond motifs is 1. The summed E-state index contributed by atoms with van der Waals surface area (Å²) < 4.78 is 15.5. The quantitative estimate of drug-likeness (QED) is 0.714. The molecule has 1 aliphatic rings. The molecule has 0 atom stereocenters. The standard InChI is InChI=1S/C17H16FN5/c1-10-3-2-4-14(21-10)15-16(23-8-7-20-17(23)22-15)12-6-5-11(18)9-13(12)19/h2-6,9H,7-8,19H2,1H3,(H,20,22). The van der Waals surface area contributed by atoms with Gasteiger partial charge in [0.2, 0.25) is 5.95 Å². The van der Waals surface area contributed by atoms with Crippen molar-refractivity contribution in [3.8, 4) is 22.6 Å². The predicted molar refractivity (Wildman–Crippen MR) is 88.5 cm³/mol. The highest BCUT2D eigenvalue weighted by atomic mass is 19.1. The van der Waals surface area contributed by atoms with Crippen LogP contribution >= 0.6 is 0 Å². The maximum absolute atomic E-state index is 13.4. The van der Waals surface area contributed by atoms with E-state index in [2.05, 4.69) is 19.9 Å². The van der Waals surface area contributed by atoms with Crippen molar-refractivity contribution in [2.24, 2.45) is 0 Å². The highest BCUT2D eigenvalue weighted by Crippen LogP contribution is 2.38. The molecular formula is C17H16FN5. The van der Waals surface area contributed by atoms with Crippen LogP contribution in [0.5, 0.6) is 0 Å². The van der Waals surface area contributed by atoms with Crippen molar-refractivity contribution < 1.29 is 4.39 Å². The average Bonchev–Trinajstić information content (AvgIpc) is 3.08. The lowest BCUT2D eigenvalue weighted by molar-refractivity contribution is 0.628. The van der Waals surface area contributed by atoms with Gasteiger partial charge in [-0.25, -0.2) is 9.37 Å². The molecule has 1 aromatic carbocycles. The molecule has 0 spiro atoms. The zero-order valence-electron chi connectivity index (χ0n) is 12.7. The first-order chi connectivity index (χ1) is 11.1. The van der Waals surface area contributed by atoms with Crippen LogP contribution in [-0.2, 0) is 6.54 Å². The van der Waals surface area contributed by atoms with E-state index in [0.717, 1.165) is 47.4 Å². The summed E-state index contributed by atoms with van der Waals surface area (Å²) in [6.45, 7) is 3.55. The van der Waals surface area contributed by atoms with Crippen molar-refractivity contribution in [2.75, 3.05) is 17.6 Å². The third-order valence-corrected chi connectivity index (χ3v) is 3.99. The van der Waals surface area contributed by atoms with Gasteiger partial charge in [-0.3, -0.25) is 4.98 Å². The molecule has 0 radical (unpaired) electrons. The number of aromatic nitrogens is 3. The van der Waals surface area contributed by atoms with E-state index >= 15 is 0 Å². The number of nitrogens with one attached hydrogen (secondary N) is 1. The van der Waals surface area contributed by atoms with Gasteiger partial charge in [0.25, 0.3) is 0 Å². The molecule has 116 valence electrons. The smallest absolute Gasteiger partial charge is 0.204 e. The van der Waals surface area contributed by atoms with Crippen molar-refractivity contribution in [2.45, 2.75) is 13.5 Å². The number of pyridine rings is 1. The van der Waals surface area contributed by atoms with Gasteiger partial charge in [-0.1, -0.05) is 6.07 Å². The zero-order chi connectivity index (χ0) is 16.0. The second kappa shape index (κ2) is 5.08. The molecule has 0 amide bonds. The van der Waals surface area contributed by atoms with Crippen LogP contribution in [0.1, 0.15) is 5.69 Å². The molecule has 23 heavy (non-hydrogen) atoms. The molecule has 3 heterocycles. The highest BCUT2D eigenvalue weighted by Gasteiger charge is 2.25. The number of hydrogen-bond donors (Lipinski definition) is 2. The minimum Gasteiger partial charge on any atom is -0.398 e. The first kappa shape index (κ1) is 13.8. The minimum atomic E-state index is -0.347. The summed E-state index contributed by atoms with van der Waals surface area (Å²) in [4.78, 5) is 9.25. The summed E-state index contributed by atoms with van der Waals surface area (Å²) in [6, 6.07) is 10.3. The number of imidazole rings is 1. The number of benzene rings is 1. The number of halogens is 1. The largest absolute Gasteiger partial charge is 0.398 e. The van der Waals surface area contributed by atoms with Crippen molar-refractivity contribution in [1.29, 1.82) is 0 Å². The van der Waals surface area contributed by atoms with Gasteiger partial charge in [0.1, 0.15) is 11.5 Å². The molecule has 4 rings (SSSR count). The number of nitrogens with two attached hydrogens (primary N) is 1. The molecule has 0 saturated heterocycles. The lowest BCUT2D eigenvalue weighted by Crippen LogP contribution is -2.01. The van der Waals surface area contributed by atoms with Crippen LogP contribution in [0.2, 0.25) is 0 Å². The van der Waals surface area contributed by atoms with E-state index < -0.39 is 0 Å². The second-order valence-corrected chi connectivity index (χ2v) is 5.61. The normalized spacial score (nSPS) is 13.0. The van der Waals surface area contributed by atoms with Gasteiger partial charge in [-0.15, -0.1) is 0 Å². The fourth-order valence-electron chi connectivity index (χ4n) is 2.96. The molecule has 5 nitrogen and oxygen atoms in total. The van der Waals surface area contributed by atoms with Crippen LogP contribution in [0, 0.1) is 12.7 Å². The lowest BCUT2D eigenvalue weighted by atomic mass is 10.1. The lowest BCUT2D eigenvalue weighted by Gasteiger charge is -2.10. The number of rotatable bonds is 2. The molecule has 2 aromatic heterocycles. The average molecular weight is 309 g/mol. The van der Waals surface area contributed by atoms with Crippen molar-refractivity contribution in [1.82, 2.24) is 14.5 Å². The Morgan fingerprint density at radius 2 is 2.09 bits per heavy atom. The monoisotopic (exact) mass is 309 g/mol. The molecular weight excluding hydrogens is 293 g/mol. The Hall–Kier alpha value is -2.89. The summed E-state index contributed by atoms with van der Waals surface area (Å²) in [5.41, 5.74) is 10.6. The van der Waals surface area contributed by atoms with Crippen LogP contribution in [0.25, 0.3) is 22.6 Å². The molecule has 1 aliphatic heterocycles. The van der Waals surface area contributed by atoms with Gasteiger partial charge in [0, 0.05) is 30.0 Å². The Labute approximate surface area is 133 Å². The van der Waals surface area contributed by atoms with E-state index in [1.807, 2.05) is 25.1 Å². The third-order valence-electron chi connectivity index (χ3n) is 3.99. The predicted octanol–water partition coefficient (Wildman–Crippen LogP) is 3.07. The summed E-state index contributed by atoms with van der Waals surface area (Å²) in [6.07, 6.45) is 0. The topological polar surface area (TPSA) is 68.8 Å². The van der Waals surface area contributed by atoms with Gasteiger partial charge in [0.15, 0.2) is 0 Å². The van der Waals surface area contributed by atoms with Gasteiger partial charge in [0.05, 0.1) is 11.4 Å². The van der Waals surface area contributed by atoms with Gasteiger partial charge >= 0.3 is 0 Å². The Bertz CT molecular complexity index is 900. The van der Waals surface area contributed by atoms with Crippen molar-refractivity contribution >= 4 is 11.6 Å². The van der Waals surface area contributed by atoms with Gasteiger partial charge in [-0.05, 0) is 37.3 Å². The van der Waals surface area contributed by atoms with E-state index in [4.69, 9.17) is 5.73 Å². The van der Waals surface area contributed by atoms with E-state index in [-0.39, 0.29) is 5.82 Å². The number of nitrogens with zero attached hydrogens (tertiary/aromatic N) is 3. The zero-order valence-corrected chi connectivity index (χ0v) is 12.7. The maximum atomic E-state index is 13.4. The number of nitrogen functional groups attached to an aromatic ring is 1. The van der Waals surface area contributed by atoms with Crippen LogP contribution in [-0.4, -0.2) is 21.1 Å². The molecule has 0 bridgehead atoms. The van der Waals surface area contributed by atoms with Crippen LogP contribution in [0.15, 0.2) is 36.4 Å². The van der Waals surface area contributed by atoms with Crippen molar-refractivity contribution in [3.63, 3.8) is 0 Å². The SMILES string of the molecule is Cc1cccc(-c2nc3n(c2-c2ccc(F)cc2N)CCN3)n1. The molecule has 0 unspecified atom stereocenters. The first-order valence-corrected chi connectivity index (χ1v) is 7.47. The number of anilines is 2. The highest BCUT2D eigenvalue weighted by molar-refractivity contribution is 5.85. The molecule has 0 aliphatic carbocycles. The maximum Gasteiger partial charge on any atom is 0.204 e. The Balaban J connectivity index is 1.98. The Kier molecular flexibility index (Phi) is 3.04. The van der Waals surface area contributed by atoms with Crippen molar-refractivity contribution in [3.05, 3.63) is 47.9 Å². The van der Waals surface area contributed by atoms with E-state index in [1.165, 1.54) is 12.1 Å². The molecule has 0 fully saturated rings. The van der Waals surface area contributed by atoms with E-state index in [9.17, 15) is 4.39 Å².